The van der Waals surface area contributed by atoms with Crippen molar-refractivity contribution in [3.05, 3.63) is 64.1 Å². The summed E-state index contributed by atoms with van der Waals surface area (Å²) in [6.45, 7) is 2.19. The van der Waals surface area contributed by atoms with Gasteiger partial charge in [0.15, 0.2) is 0 Å². The van der Waals surface area contributed by atoms with Crippen molar-refractivity contribution in [1.29, 1.82) is 0 Å². The Morgan fingerprint density at radius 2 is 1.75 bits per heavy atom. The molecule has 1 aliphatic rings. The highest BCUT2D eigenvalue weighted by Crippen LogP contribution is 2.25. The number of rotatable bonds is 4. The first kappa shape index (κ1) is 17.0. The van der Waals surface area contributed by atoms with Crippen LogP contribution in [-0.2, 0) is 6.61 Å². The third-order valence-electron chi connectivity index (χ3n) is 4.30. The SMILES string of the molecule is O=C(c1cccc(COc2ccccc2Br)c1)N1CCCCCC1. The van der Waals surface area contributed by atoms with Crippen LogP contribution >= 0.6 is 15.9 Å². The molecular formula is C20H22BrNO2. The second-order valence-corrected chi connectivity index (χ2v) is 6.98. The van der Waals surface area contributed by atoms with Crippen LogP contribution in [0.1, 0.15) is 41.6 Å². The molecule has 1 amide bonds. The van der Waals surface area contributed by atoms with Crippen LogP contribution < -0.4 is 4.74 Å². The topological polar surface area (TPSA) is 29.5 Å². The molecule has 0 aromatic heterocycles. The quantitative estimate of drug-likeness (QED) is 0.734. The molecule has 24 heavy (non-hydrogen) atoms. The van der Waals surface area contributed by atoms with Gasteiger partial charge in [0.25, 0.3) is 5.91 Å². The maximum atomic E-state index is 12.7. The van der Waals surface area contributed by atoms with Gasteiger partial charge in [0.2, 0.25) is 0 Å². The summed E-state index contributed by atoms with van der Waals surface area (Å²) in [4.78, 5) is 14.7. The number of halogens is 1. The second-order valence-electron chi connectivity index (χ2n) is 6.13. The number of likely N-dealkylation sites (tertiary alicyclic amines) is 1. The van der Waals surface area contributed by atoms with E-state index in [9.17, 15) is 4.79 Å². The van der Waals surface area contributed by atoms with E-state index in [1.807, 2.05) is 53.4 Å². The summed E-state index contributed by atoms with van der Waals surface area (Å²) in [6.07, 6.45) is 4.67. The summed E-state index contributed by atoms with van der Waals surface area (Å²) < 4.78 is 6.78. The molecule has 4 heteroatoms. The molecule has 0 N–H and O–H groups in total. The minimum Gasteiger partial charge on any atom is -0.488 e. The van der Waals surface area contributed by atoms with E-state index in [1.165, 1.54) is 12.8 Å². The van der Waals surface area contributed by atoms with Gasteiger partial charge in [-0.1, -0.05) is 37.1 Å². The van der Waals surface area contributed by atoms with Crippen LogP contribution in [0, 0.1) is 0 Å². The first-order valence-electron chi connectivity index (χ1n) is 8.49. The molecule has 1 aliphatic heterocycles. The third kappa shape index (κ3) is 4.38. The number of ether oxygens (including phenoxy) is 1. The Labute approximate surface area is 151 Å². The zero-order valence-electron chi connectivity index (χ0n) is 13.7. The number of hydrogen-bond acceptors (Lipinski definition) is 2. The standard InChI is InChI=1S/C20H22BrNO2/c21-18-10-3-4-11-19(18)24-15-16-8-7-9-17(14-16)20(23)22-12-5-1-2-6-13-22/h3-4,7-11,14H,1-2,5-6,12-13,15H2. The Balaban J connectivity index is 1.67. The van der Waals surface area contributed by atoms with Gasteiger partial charge < -0.3 is 9.64 Å². The largest absolute Gasteiger partial charge is 0.488 e. The van der Waals surface area contributed by atoms with Gasteiger partial charge in [0.1, 0.15) is 12.4 Å². The summed E-state index contributed by atoms with van der Waals surface area (Å²) in [6, 6.07) is 15.6. The Morgan fingerprint density at radius 1 is 1.00 bits per heavy atom. The molecule has 0 spiro atoms. The van der Waals surface area contributed by atoms with Gasteiger partial charge in [0.05, 0.1) is 4.47 Å². The van der Waals surface area contributed by atoms with Crippen molar-refractivity contribution in [2.24, 2.45) is 0 Å². The molecule has 0 atom stereocenters. The van der Waals surface area contributed by atoms with Crippen LogP contribution in [0.3, 0.4) is 0 Å². The fourth-order valence-corrected chi connectivity index (χ4v) is 3.37. The van der Waals surface area contributed by atoms with Crippen molar-refractivity contribution in [2.45, 2.75) is 32.3 Å². The normalized spacial score (nSPS) is 15.0. The van der Waals surface area contributed by atoms with Crippen molar-refractivity contribution >= 4 is 21.8 Å². The van der Waals surface area contributed by atoms with Crippen LogP contribution in [0.15, 0.2) is 53.0 Å². The number of nitrogens with zero attached hydrogens (tertiary/aromatic N) is 1. The molecule has 0 radical (unpaired) electrons. The predicted octanol–water partition coefficient (Wildman–Crippen LogP) is 5.04. The molecule has 0 aliphatic carbocycles. The number of carbonyl (C=O) groups is 1. The summed E-state index contributed by atoms with van der Waals surface area (Å²) in [5.41, 5.74) is 1.76. The van der Waals surface area contributed by atoms with Crippen molar-refractivity contribution in [3.63, 3.8) is 0 Å². The molecule has 1 fully saturated rings. The molecule has 0 saturated carbocycles. The van der Waals surface area contributed by atoms with Gasteiger partial charge in [-0.25, -0.2) is 0 Å². The Hall–Kier alpha value is -1.81. The van der Waals surface area contributed by atoms with Crippen molar-refractivity contribution in [2.75, 3.05) is 13.1 Å². The predicted molar refractivity (Wildman–Crippen MR) is 99.3 cm³/mol. The van der Waals surface area contributed by atoms with E-state index in [0.29, 0.717) is 6.61 Å². The zero-order valence-corrected chi connectivity index (χ0v) is 15.3. The van der Waals surface area contributed by atoms with Crippen molar-refractivity contribution < 1.29 is 9.53 Å². The van der Waals surface area contributed by atoms with E-state index in [0.717, 1.165) is 47.3 Å². The molecule has 3 nitrogen and oxygen atoms in total. The van der Waals surface area contributed by atoms with Crippen LogP contribution in [0.4, 0.5) is 0 Å². The zero-order chi connectivity index (χ0) is 16.8. The maximum Gasteiger partial charge on any atom is 0.253 e. The average molecular weight is 388 g/mol. The number of carbonyl (C=O) groups excluding carboxylic acids is 1. The Morgan fingerprint density at radius 3 is 2.50 bits per heavy atom. The molecular weight excluding hydrogens is 366 g/mol. The monoisotopic (exact) mass is 387 g/mol. The molecule has 2 aromatic carbocycles. The van der Waals surface area contributed by atoms with Crippen LogP contribution in [0.2, 0.25) is 0 Å². The van der Waals surface area contributed by atoms with E-state index in [2.05, 4.69) is 15.9 Å². The van der Waals surface area contributed by atoms with Gasteiger partial charge >= 0.3 is 0 Å². The number of para-hydroxylation sites is 1. The Kier molecular flexibility index (Phi) is 5.91. The highest BCUT2D eigenvalue weighted by atomic mass is 79.9. The average Bonchev–Trinajstić information content (AvgIpc) is 2.90. The fourth-order valence-electron chi connectivity index (χ4n) is 2.97. The first-order chi connectivity index (χ1) is 11.7. The Bertz CT molecular complexity index is 694. The highest BCUT2D eigenvalue weighted by molar-refractivity contribution is 9.10. The summed E-state index contributed by atoms with van der Waals surface area (Å²) in [5.74, 6) is 0.946. The highest BCUT2D eigenvalue weighted by Gasteiger charge is 2.17. The minimum atomic E-state index is 0.139. The molecule has 1 saturated heterocycles. The van der Waals surface area contributed by atoms with Gasteiger partial charge in [0, 0.05) is 18.7 Å². The smallest absolute Gasteiger partial charge is 0.253 e. The van der Waals surface area contributed by atoms with E-state index in [4.69, 9.17) is 4.74 Å². The van der Waals surface area contributed by atoms with Gasteiger partial charge in [-0.15, -0.1) is 0 Å². The molecule has 3 rings (SSSR count). The van der Waals surface area contributed by atoms with Crippen molar-refractivity contribution in [3.8, 4) is 5.75 Å². The first-order valence-corrected chi connectivity index (χ1v) is 9.29. The maximum absolute atomic E-state index is 12.7. The third-order valence-corrected chi connectivity index (χ3v) is 4.95. The summed E-state index contributed by atoms with van der Waals surface area (Å²) in [7, 11) is 0. The summed E-state index contributed by atoms with van der Waals surface area (Å²) in [5, 5.41) is 0. The fraction of sp³-hybridized carbons (Fsp3) is 0.350. The number of amides is 1. The van der Waals surface area contributed by atoms with Crippen LogP contribution in [-0.4, -0.2) is 23.9 Å². The summed E-state index contributed by atoms with van der Waals surface area (Å²) >= 11 is 3.48. The lowest BCUT2D eigenvalue weighted by Crippen LogP contribution is -2.31. The molecule has 1 heterocycles. The number of hydrogen-bond donors (Lipinski definition) is 0. The minimum absolute atomic E-state index is 0.139. The molecule has 0 bridgehead atoms. The van der Waals surface area contributed by atoms with Gasteiger partial charge in [-0.2, -0.15) is 0 Å². The van der Waals surface area contributed by atoms with Crippen molar-refractivity contribution in [1.82, 2.24) is 4.90 Å². The van der Waals surface area contributed by atoms with E-state index < -0.39 is 0 Å². The van der Waals surface area contributed by atoms with E-state index in [-0.39, 0.29) is 5.91 Å². The molecule has 2 aromatic rings. The lowest BCUT2D eigenvalue weighted by Gasteiger charge is -2.20. The van der Waals surface area contributed by atoms with Crippen LogP contribution in [0.25, 0.3) is 0 Å². The molecule has 126 valence electrons. The van der Waals surface area contributed by atoms with Gasteiger partial charge in [-0.05, 0) is 58.6 Å². The lowest BCUT2D eigenvalue weighted by atomic mass is 10.1. The number of benzene rings is 2. The van der Waals surface area contributed by atoms with E-state index >= 15 is 0 Å². The second kappa shape index (κ2) is 8.34. The van der Waals surface area contributed by atoms with Crippen LogP contribution in [0.5, 0.6) is 5.75 Å². The van der Waals surface area contributed by atoms with Gasteiger partial charge in [-0.3, -0.25) is 4.79 Å². The lowest BCUT2D eigenvalue weighted by molar-refractivity contribution is 0.0761. The molecule has 0 unspecified atom stereocenters. The van der Waals surface area contributed by atoms with E-state index in [1.54, 1.807) is 0 Å².